The normalized spacial score (nSPS) is 12.1. The molecule has 1 amide bonds. The van der Waals surface area contributed by atoms with Crippen molar-refractivity contribution in [2.45, 2.75) is 32.7 Å². The smallest absolute Gasteiger partial charge is 0.340 e. The summed E-state index contributed by atoms with van der Waals surface area (Å²) in [5.41, 5.74) is 2.16. The van der Waals surface area contributed by atoms with Gasteiger partial charge in [-0.05, 0) is 49.1 Å². The van der Waals surface area contributed by atoms with Crippen LogP contribution in [0.2, 0.25) is 0 Å². The van der Waals surface area contributed by atoms with Gasteiger partial charge < -0.3 is 19.9 Å². The minimum atomic E-state index is -0.603. The molecule has 0 fully saturated rings. The lowest BCUT2D eigenvalue weighted by Gasteiger charge is -2.17. The van der Waals surface area contributed by atoms with E-state index in [4.69, 9.17) is 4.42 Å². The van der Waals surface area contributed by atoms with Gasteiger partial charge in [-0.25, -0.2) is 4.79 Å². The Kier molecular flexibility index (Phi) is 5.80. The van der Waals surface area contributed by atoms with Gasteiger partial charge in [0.2, 0.25) is 5.91 Å². The maximum absolute atomic E-state index is 12.5. The summed E-state index contributed by atoms with van der Waals surface area (Å²) in [6.45, 7) is 3.26. The molecule has 0 saturated heterocycles. The van der Waals surface area contributed by atoms with Crippen LogP contribution in [0.4, 0.5) is 0 Å². The molecule has 0 spiro atoms. The first-order valence-corrected chi connectivity index (χ1v) is 9.09. The number of hydrogen-bond acceptors (Lipinski definition) is 5. The van der Waals surface area contributed by atoms with E-state index < -0.39 is 17.6 Å². The van der Waals surface area contributed by atoms with E-state index in [2.05, 4.69) is 5.32 Å². The van der Waals surface area contributed by atoms with Gasteiger partial charge in [0.1, 0.15) is 11.3 Å². The minimum absolute atomic E-state index is 0.00946. The van der Waals surface area contributed by atoms with E-state index in [1.807, 2.05) is 30.3 Å². The number of carbonyl (C=O) groups is 1. The van der Waals surface area contributed by atoms with Crippen LogP contribution in [0.15, 0.2) is 51.7 Å². The van der Waals surface area contributed by atoms with Gasteiger partial charge in [-0.1, -0.05) is 30.3 Å². The van der Waals surface area contributed by atoms with Gasteiger partial charge in [-0.15, -0.1) is 0 Å². The van der Waals surface area contributed by atoms with Crippen molar-refractivity contribution in [3.63, 3.8) is 0 Å². The van der Waals surface area contributed by atoms with Crippen molar-refractivity contribution in [2.75, 3.05) is 6.61 Å². The Morgan fingerprint density at radius 1 is 1.18 bits per heavy atom. The number of nitrogens with one attached hydrogen (secondary N) is 1. The third-order valence-electron chi connectivity index (χ3n) is 4.75. The number of amides is 1. The summed E-state index contributed by atoms with van der Waals surface area (Å²) in [4.78, 5) is 24.9. The largest absolute Gasteiger partial charge is 0.507 e. The van der Waals surface area contributed by atoms with Gasteiger partial charge in [-0.2, -0.15) is 0 Å². The van der Waals surface area contributed by atoms with E-state index in [-0.39, 0.29) is 24.3 Å². The van der Waals surface area contributed by atoms with Crippen LogP contribution in [-0.4, -0.2) is 28.8 Å². The Morgan fingerprint density at radius 3 is 2.57 bits per heavy atom. The van der Waals surface area contributed by atoms with Crippen molar-refractivity contribution in [3.8, 4) is 5.75 Å². The number of rotatable bonds is 6. The molecule has 0 radical (unpaired) electrons. The number of aryl methyl sites for hydroxylation is 2. The fourth-order valence-electron chi connectivity index (χ4n) is 3.36. The van der Waals surface area contributed by atoms with Gasteiger partial charge in [-0.3, -0.25) is 4.79 Å². The lowest BCUT2D eigenvalue weighted by molar-refractivity contribution is -0.121. The molecule has 6 nitrogen and oxygen atoms in total. The number of aliphatic hydroxyl groups excluding tert-OH is 1. The maximum atomic E-state index is 12.5. The Morgan fingerprint density at radius 2 is 1.89 bits per heavy atom. The number of aromatic hydroxyl groups is 1. The van der Waals surface area contributed by atoms with Crippen molar-refractivity contribution in [1.29, 1.82) is 0 Å². The standard InChI is InChI=1S/C22H23NO5/c1-13-8-18(25)21-14(2)17(22(27)28-19(21)9-13)11-20(26)23-16(12-24)10-15-6-4-3-5-7-15/h3-9,16,24-25H,10-12H2,1-2H3,(H,23,26)/t16-/m1/s1. The predicted molar refractivity (Wildman–Crippen MR) is 106 cm³/mol. The second-order valence-corrected chi connectivity index (χ2v) is 6.96. The van der Waals surface area contributed by atoms with Gasteiger partial charge in [0.15, 0.2) is 0 Å². The van der Waals surface area contributed by atoms with Crippen LogP contribution in [0.25, 0.3) is 11.0 Å². The summed E-state index contributed by atoms with van der Waals surface area (Å²) < 4.78 is 5.32. The predicted octanol–water partition coefficient (Wildman–Crippen LogP) is 2.38. The van der Waals surface area contributed by atoms with Crippen molar-refractivity contribution in [1.82, 2.24) is 5.32 Å². The quantitative estimate of drug-likeness (QED) is 0.569. The maximum Gasteiger partial charge on any atom is 0.340 e. The highest BCUT2D eigenvalue weighted by molar-refractivity contribution is 5.89. The average molecular weight is 381 g/mol. The number of carbonyl (C=O) groups excluding carboxylic acids is 1. The number of phenols is 1. The molecule has 3 aromatic rings. The van der Waals surface area contributed by atoms with Crippen LogP contribution < -0.4 is 10.9 Å². The molecule has 3 N–H and O–H groups in total. The zero-order valence-electron chi connectivity index (χ0n) is 15.9. The molecule has 146 valence electrons. The van der Waals surface area contributed by atoms with Crippen LogP contribution in [-0.2, 0) is 17.6 Å². The van der Waals surface area contributed by atoms with Gasteiger partial charge >= 0.3 is 5.63 Å². The first kappa shape index (κ1) is 19.6. The molecule has 0 aliphatic carbocycles. The molecule has 6 heteroatoms. The molecular weight excluding hydrogens is 358 g/mol. The third kappa shape index (κ3) is 4.23. The second kappa shape index (κ2) is 8.27. The monoisotopic (exact) mass is 381 g/mol. The first-order chi connectivity index (χ1) is 13.4. The summed E-state index contributed by atoms with van der Waals surface area (Å²) in [5.74, 6) is -0.383. The molecule has 3 rings (SSSR count). The van der Waals surface area contributed by atoms with Gasteiger partial charge in [0, 0.05) is 0 Å². The number of phenolic OH excluding ortho intramolecular Hbond substituents is 1. The second-order valence-electron chi connectivity index (χ2n) is 6.96. The molecule has 0 saturated carbocycles. The third-order valence-corrected chi connectivity index (χ3v) is 4.75. The summed E-state index contributed by atoms with van der Waals surface area (Å²) in [5, 5.41) is 23.0. The number of aliphatic hydroxyl groups is 1. The molecule has 1 atom stereocenters. The SMILES string of the molecule is Cc1cc(O)c2c(C)c(CC(=O)N[C@@H](CO)Cc3ccccc3)c(=O)oc2c1. The van der Waals surface area contributed by atoms with Gasteiger partial charge in [0.25, 0.3) is 0 Å². The summed E-state index contributed by atoms with van der Waals surface area (Å²) in [7, 11) is 0. The summed E-state index contributed by atoms with van der Waals surface area (Å²) in [6.07, 6.45) is 0.289. The number of hydrogen-bond donors (Lipinski definition) is 3. The van der Waals surface area contributed by atoms with Crippen molar-refractivity contribution >= 4 is 16.9 Å². The molecular formula is C22H23NO5. The topological polar surface area (TPSA) is 99.8 Å². The van der Waals surface area contributed by atoms with E-state index in [0.717, 1.165) is 11.1 Å². The van der Waals surface area contributed by atoms with Crippen molar-refractivity contribution in [3.05, 3.63) is 75.1 Å². The van der Waals surface area contributed by atoms with Crippen molar-refractivity contribution < 1.29 is 19.4 Å². The first-order valence-electron chi connectivity index (χ1n) is 9.09. The zero-order chi connectivity index (χ0) is 20.3. The molecule has 1 heterocycles. The van der Waals surface area contributed by atoms with Crippen LogP contribution in [0.3, 0.4) is 0 Å². The fourth-order valence-corrected chi connectivity index (χ4v) is 3.36. The summed E-state index contributed by atoms with van der Waals surface area (Å²) in [6, 6.07) is 12.3. The Bertz CT molecular complexity index is 1060. The van der Waals surface area contributed by atoms with Crippen LogP contribution in [0.1, 0.15) is 22.3 Å². The highest BCUT2D eigenvalue weighted by Gasteiger charge is 2.19. The Balaban J connectivity index is 1.81. The van der Waals surface area contributed by atoms with E-state index in [1.165, 1.54) is 0 Å². The molecule has 0 unspecified atom stereocenters. The molecule has 0 aliphatic heterocycles. The van der Waals surface area contributed by atoms with Crippen LogP contribution in [0.5, 0.6) is 5.75 Å². The molecule has 0 aliphatic rings. The molecule has 0 bridgehead atoms. The van der Waals surface area contributed by atoms with E-state index in [1.54, 1.807) is 26.0 Å². The zero-order valence-corrected chi connectivity index (χ0v) is 15.9. The minimum Gasteiger partial charge on any atom is -0.507 e. The van der Waals surface area contributed by atoms with Crippen LogP contribution >= 0.6 is 0 Å². The summed E-state index contributed by atoms with van der Waals surface area (Å²) >= 11 is 0. The van der Waals surface area contributed by atoms with E-state index in [9.17, 15) is 19.8 Å². The van der Waals surface area contributed by atoms with Gasteiger partial charge in [0.05, 0.1) is 30.0 Å². The van der Waals surface area contributed by atoms with Crippen LogP contribution in [0, 0.1) is 13.8 Å². The molecule has 28 heavy (non-hydrogen) atoms. The van der Waals surface area contributed by atoms with Crippen molar-refractivity contribution in [2.24, 2.45) is 0 Å². The average Bonchev–Trinajstić information content (AvgIpc) is 2.64. The van der Waals surface area contributed by atoms with E-state index in [0.29, 0.717) is 23.0 Å². The lowest BCUT2D eigenvalue weighted by Crippen LogP contribution is -2.40. The number of benzene rings is 2. The number of fused-ring (bicyclic) bond motifs is 1. The Labute approximate surface area is 162 Å². The lowest BCUT2D eigenvalue weighted by atomic mass is 10.0. The molecule has 2 aromatic carbocycles. The Hall–Kier alpha value is -3.12. The fraction of sp³-hybridized carbons (Fsp3) is 0.273. The molecule has 1 aromatic heterocycles. The highest BCUT2D eigenvalue weighted by atomic mass is 16.4. The highest BCUT2D eigenvalue weighted by Crippen LogP contribution is 2.29. The van der Waals surface area contributed by atoms with E-state index >= 15 is 0 Å².